The number of hydrogen-bond acceptors (Lipinski definition) is 2. The molecule has 0 spiro atoms. The molecular weight excluding hydrogens is 251 g/mol. The number of nitrogens with two attached hydrogens (primary N) is 1. The van der Waals surface area contributed by atoms with Crippen molar-refractivity contribution in [2.24, 2.45) is 5.84 Å². The van der Waals surface area contributed by atoms with E-state index in [1.54, 1.807) is 12.1 Å². The van der Waals surface area contributed by atoms with E-state index in [9.17, 15) is 4.39 Å². The monoisotopic (exact) mass is 264 g/mol. The van der Waals surface area contributed by atoms with Gasteiger partial charge in [0.1, 0.15) is 5.82 Å². The molecule has 0 aromatic heterocycles. The van der Waals surface area contributed by atoms with Crippen LogP contribution < -0.4 is 11.3 Å². The third-order valence-corrected chi connectivity index (χ3v) is 3.12. The van der Waals surface area contributed by atoms with Crippen LogP contribution in [-0.4, -0.2) is 0 Å². The number of nitrogens with one attached hydrogen (secondary N) is 1. The molecule has 0 fully saturated rings. The van der Waals surface area contributed by atoms with Crippen LogP contribution in [0.25, 0.3) is 0 Å². The first-order valence-corrected chi connectivity index (χ1v) is 6.03. The van der Waals surface area contributed by atoms with Crippen LogP contribution in [0.15, 0.2) is 48.5 Å². The Morgan fingerprint density at radius 1 is 1.17 bits per heavy atom. The van der Waals surface area contributed by atoms with Gasteiger partial charge >= 0.3 is 0 Å². The third kappa shape index (κ3) is 3.07. The van der Waals surface area contributed by atoms with Crippen molar-refractivity contribution in [3.8, 4) is 0 Å². The van der Waals surface area contributed by atoms with Crippen molar-refractivity contribution in [1.29, 1.82) is 0 Å². The Bertz CT molecular complexity index is 516. The van der Waals surface area contributed by atoms with E-state index in [0.29, 0.717) is 0 Å². The lowest BCUT2D eigenvalue weighted by Crippen LogP contribution is -2.29. The molecule has 0 saturated carbocycles. The second kappa shape index (κ2) is 5.96. The summed E-state index contributed by atoms with van der Waals surface area (Å²) in [5, 5.41) is 0.112. The van der Waals surface area contributed by atoms with E-state index in [4.69, 9.17) is 17.4 Å². The van der Waals surface area contributed by atoms with Crippen LogP contribution in [0.1, 0.15) is 17.2 Å². The smallest absolute Gasteiger partial charge is 0.141 e. The Morgan fingerprint density at radius 3 is 2.50 bits per heavy atom. The standard InChI is InChI=1S/C14H14ClFN2/c15-12-9-11(6-7-13(12)16)14(18-17)8-10-4-2-1-3-5-10/h1-7,9,14,18H,8,17H2. The average Bonchev–Trinajstić information content (AvgIpc) is 2.40. The van der Waals surface area contributed by atoms with Gasteiger partial charge in [-0.1, -0.05) is 48.0 Å². The van der Waals surface area contributed by atoms with Gasteiger partial charge in [0.05, 0.1) is 11.1 Å². The molecule has 94 valence electrons. The Hall–Kier alpha value is -1.42. The second-order valence-corrected chi connectivity index (χ2v) is 4.49. The summed E-state index contributed by atoms with van der Waals surface area (Å²) in [5.74, 6) is 5.13. The molecule has 3 N–H and O–H groups in total. The first-order valence-electron chi connectivity index (χ1n) is 5.65. The van der Waals surface area contributed by atoms with Crippen molar-refractivity contribution < 1.29 is 4.39 Å². The molecule has 2 aromatic rings. The van der Waals surface area contributed by atoms with E-state index in [-0.39, 0.29) is 11.1 Å². The maximum absolute atomic E-state index is 13.1. The van der Waals surface area contributed by atoms with Crippen molar-refractivity contribution in [3.63, 3.8) is 0 Å². The summed E-state index contributed by atoms with van der Waals surface area (Å²) in [6.45, 7) is 0. The average molecular weight is 265 g/mol. The highest BCUT2D eigenvalue weighted by Gasteiger charge is 2.12. The lowest BCUT2D eigenvalue weighted by Gasteiger charge is -2.16. The first-order chi connectivity index (χ1) is 8.70. The molecule has 0 bridgehead atoms. The molecule has 0 aliphatic carbocycles. The normalized spacial score (nSPS) is 12.4. The summed E-state index contributed by atoms with van der Waals surface area (Å²) in [4.78, 5) is 0. The minimum absolute atomic E-state index is 0.0921. The zero-order chi connectivity index (χ0) is 13.0. The van der Waals surface area contributed by atoms with E-state index >= 15 is 0 Å². The first kappa shape index (κ1) is 13.0. The summed E-state index contributed by atoms with van der Waals surface area (Å²) in [5.41, 5.74) is 4.75. The molecule has 0 saturated heterocycles. The van der Waals surface area contributed by atoms with Crippen LogP contribution in [0.2, 0.25) is 5.02 Å². The van der Waals surface area contributed by atoms with Gasteiger partial charge in [0.15, 0.2) is 0 Å². The summed E-state index contributed by atoms with van der Waals surface area (Å²) in [7, 11) is 0. The maximum atomic E-state index is 13.1. The van der Waals surface area contributed by atoms with Gasteiger partial charge in [0.2, 0.25) is 0 Å². The van der Waals surface area contributed by atoms with Gasteiger partial charge < -0.3 is 0 Å². The minimum atomic E-state index is -0.420. The predicted octanol–water partition coefficient (Wildman–Crippen LogP) is 3.23. The number of halogens is 2. The fourth-order valence-corrected chi connectivity index (χ4v) is 2.04. The molecular formula is C14H14ClFN2. The molecule has 18 heavy (non-hydrogen) atoms. The number of hydrazine groups is 1. The molecule has 1 unspecified atom stereocenters. The number of rotatable bonds is 4. The molecule has 0 radical (unpaired) electrons. The molecule has 2 aromatic carbocycles. The van der Waals surface area contributed by atoms with Crippen LogP contribution in [0.3, 0.4) is 0 Å². The Morgan fingerprint density at radius 2 is 1.89 bits per heavy atom. The summed E-state index contributed by atoms with van der Waals surface area (Å²) in [6, 6.07) is 14.5. The molecule has 1 atom stereocenters. The van der Waals surface area contributed by atoms with Crippen molar-refractivity contribution in [2.45, 2.75) is 12.5 Å². The molecule has 0 heterocycles. The predicted molar refractivity (Wildman–Crippen MR) is 71.6 cm³/mol. The minimum Gasteiger partial charge on any atom is -0.271 e. The van der Waals surface area contributed by atoms with E-state index in [1.807, 2.05) is 30.3 Å². The molecule has 0 aliphatic heterocycles. The van der Waals surface area contributed by atoms with Gasteiger partial charge in [-0.15, -0.1) is 0 Å². The number of benzene rings is 2. The highest BCUT2D eigenvalue weighted by atomic mass is 35.5. The van der Waals surface area contributed by atoms with E-state index in [2.05, 4.69) is 5.43 Å². The molecule has 2 rings (SSSR count). The lowest BCUT2D eigenvalue weighted by molar-refractivity contribution is 0.549. The fourth-order valence-electron chi connectivity index (χ4n) is 1.85. The molecule has 4 heteroatoms. The van der Waals surface area contributed by atoms with Crippen LogP contribution >= 0.6 is 11.6 Å². The van der Waals surface area contributed by atoms with E-state index < -0.39 is 5.82 Å². The topological polar surface area (TPSA) is 38.0 Å². The SMILES string of the molecule is NNC(Cc1ccccc1)c1ccc(F)c(Cl)c1. The van der Waals surface area contributed by atoms with Gasteiger partial charge in [-0.3, -0.25) is 11.3 Å². The lowest BCUT2D eigenvalue weighted by atomic mass is 9.99. The van der Waals surface area contributed by atoms with Gasteiger partial charge in [-0.25, -0.2) is 4.39 Å². The highest BCUT2D eigenvalue weighted by Crippen LogP contribution is 2.23. The van der Waals surface area contributed by atoms with Crippen molar-refractivity contribution in [2.75, 3.05) is 0 Å². The Kier molecular flexibility index (Phi) is 4.31. The zero-order valence-electron chi connectivity index (χ0n) is 9.74. The van der Waals surface area contributed by atoms with Crippen molar-refractivity contribution >= 4 is 11.6 Å². The second-order valence-electron chi connectivity index (χ2n) is 4.08. The van der Waals surface area contributed by atoms with Crippen LogP contribution in [0.5, 0.6) is 0 Å². The molecule has 2 nitrogen and oxygen atoms in total. The Labute approximate surface area is 111 Å². The van der Waals surface area contributed by atoms with Crippen LogP contribution in [0.4, 0.5) is 4.39 Å². The fraction of sp³-hybridized carbons (Fsp3) is 0.143. The summed E-state index contributed by atoms with van der Waals surface area (Å²) >= 11 is 5.77. The van der Waals surface area contributed by atoms with Gasteiger partial charge in [-0.05, 0) is 29.7 Å². The van der Waals surface area contributed by atoms with Crippen LogP contribution in [0, 0.1) is 5.82 Å². The van der Waals surface area contributed by atoms with Gasteiger partial charge in [-0.2, -0.15) is 0 Å². The largest absolute Gasteiger partial charge is 0.271 e. The van der Waals surface area contributed by atoms with Crippen LogP contribution in [-0.2, 0) is 6.42 Å². The van der Waals surface area contributed by atoms with E-state index in [1.165, 1.54) is 6.07 Å². The van der Waals surface area contributed by atoms with E-state index in [0.717, 1.165) is 17.5 Å². The van der Waals surface area contributed by atoms with Crippen molar-refractivity contribution in [3.05, 3.63) is 70.5 Å². The summed E-state index contributed by atoms with van der Waals surface area (Å²) < 4.78 is 13.1. The number of hydrogen-bond donors (Lipinski definition) is 2. The summed E-state index contributed by atoms with van der Waals surface area (Å²) in [6.07, 6.45) is 0.722. The molecule has 0 amide bonds. The zero-order valence-corrected chi connectivity index (χ0v) is 10.5. The van der Waals surface area contributed by atoms with Gasteiger partial charge in [0, 0.05) is 0 Å². The van der Waals surface area contributed by atoms with Crippen molar-refractivity contribution in [1.82, 2.24) is 5.43 Å². The maximum Gasteiger partial charge on any atom is 0.141 e. The quantitative estimate of drug-likeness (QED) is 0.657. The Balaban J connectivity index is 2.20. The molecule has 0 aliphatic rings. The highest BCUT2D eigenvalue weighted by molar-refractivity contribution is 6.30. The third-order valence-electron chi connectivity index (χ3n) is 2.83. The van der Waals surface area contributed by atoms with Gasteiger partial charge in [0.25, 0.3) is 0 Å².